The fraction of sp³-hybridized carbons (Fsp3) is 0.500. The van der Waals surface area contributed by atoms with Gasteiger partial charge in [-0.1, -0.05) is 0 Å². The van der Waals surface area contributed by atoms with E-state index in [1.54, 1.807) is 11.0 Å². The number of aromatic nitrogens is 1. The fourth-order valence-corrected chi connectivity index (χ4v) is 5.93. The molecule has 188 valence electrons. The number of rotatable bonds is 8. The molecule has 1 aromatic carbocycles. The van der Waals surface area contributed by atoms with Crippen LogP contribution in [0.1, 0.15) is 47.7 Å². The topological polar surface area (TPSA) is 112 Å². The molecule has 1 aliphatic carbocycles. The Morgan fingerprint density at radius 3 is 2.57 bits per heavy atom. The van der Waals surface area contributed by atoms with Crippen LogP contribution in [-0.2, 0) is 14.8 Å². The number of nitrogens with two attached hydrogens (primary N) is 1. The highest BCUT2D eigenvalue weighted by Crippen LogP contribution is 2.40. The molecule has 1 amide bonds. The summed E-state index contributed by atoms with van der Waals surface area (Å²) in [7, 11) is -3.96. The average Bonchev–Trinajstić information content (AvgIpc) is 3.66. The first-order valence-electron chi connectivity index (χ1n) is 11.8. The molecule has 2 aromatic rings. The van der Waals surface area contributed by atoms with Crippen molar-refractivity contribution in [3.05, 3.63) is 47.4 Å². The van der Waals surface area contributed by atoms with Crippen molar-refractivity contribution in [1.82, 2.24) is 9.88 Å². The third kappa shape index (κ3) is 5.96. The number of primary sulfonamides is 1. The molecule has 1 saturated carbocycles. The van der Waals surface area contributed by atoms with Crippen molar-refractivity contribution in [1.29, 1.82) is 0 Å². The van der Waals surface area contributed by atoms with Gasteiger partial charge in [0.2, 0.25) is 15.9 Å². The standard InChI is InChI=1S/C24H28FN3O5S2/c25-20-11-19(35(26,30)31)3-4-22(20)34-18-12-28(13-18)24(29)17-9-21(16-1-2-16)27-23(10-17)33-14-15-5-7-32-8-6-15/h3-4,9-11,15-16,18H,1-2,5-8,12-14H2,(H2,26,30,31). The number of pyridine rings is 1. The van der Waals surface area contributed by atoms with Crippen LogP contribution in [0.2, 0.25) is 0 Å². The molecule has 11 heteroatoms. The second kappa shape index (κ2) is 10.0. The summed E-state index contributed by atoms with van der Waals surface area (Å²) in [5.74, 6) is 0.582. The van der Waals surface area contributed by atoms with Gasteiger partial charge in [0.15, 0.2) is 0 Å². The van der Waals surface area contributed by atoms with Crippen LogP contribution in [0.3, 0.4) is 0 Å². The molecule has 0 atom stereocenters. The van der Waals surface area contributed by atoms with Gasteiger partial charge < -0.3 is 14.4 Å². The van der Waals surface area contributed by atoms with Gasteiger partial charge in [0.05, 0.1) is 11.5 Å². The average molecular weight is 522 g/mol. The quantitative estimate of drug-likeness (QED) is 0.568. The molecular weight excluding hydrogens is 493 g/mol. The van der Waals surface area contributed by atoms with E-state index in [2.05, 4.69) is 4.98 Å². The van der Waals surface area contributed by atoms with Crippen molar-refractivity contribution in [3.63, 3.8) is 0 Å². The maximum absolute atomic E-state index is 14.4. The number of carbonyl (C=O) groups is 1. The van der Waals surface area contributed by atoms with Crippen LogP contribution in [-0.4, -0.2) is 62.4 Å². The highest BCUT2D eigenvalue weighted by atomic mass is 32.2. The molecule has 0 unspecified atom stereocenters. The smallest absolute Gasteiger partial charge is 0.254 e. The monoisotopic (exact) mass is 521 g/mol. The lowest BCUT2D eigenvalue weighted by Crippen LogP contribution is -2.52. The highest BCUT2D eigenvalue weighted by molar-refractivity contribution is 8.00. The predicted octanol–water partition coefficient (Wildman–Crippen LogP) is 3.17. The molecule has 0 radical (unpaired) electrons. The van der Waals surface area contributed by atoms with E-state index in [0.29, 0.717) is 47.9 Å². The Morgan fingerprint density at radius 1 is 1.17 bits per heavy atom. The van der Waals surface area contributed by atoms with Crippen LogP contribution in [0.25, 0.3) is 0 Å². The van der Waals surface area contributed by atoms with Gasteiger partial charge in [0.1, 0.15) is 5.82 Å². The minimum Gasteiger partial charge on any atom is -0.477 e. The molecule has 35 heavy (non-hydrogen) atoms. The number of ether oxygens (including phenoxy) is 2. The van der Waals surface area contributed by atoms with E-state index in [0.717, 1.165) is 50.7 Å². The molecule has 3 heterocycles. The van der Waals surface area contributed by atoms with E-state index in [1.807, 2.05) is 6.07 Å². The van der Waals surface area contributed by atoms with Crippen LogP contribution in [0.4, 0.5) is 4.39 Å². The minimum atomic E-state index is -3.96. The second-order valence-electron chi connectivity index (χ2n) is 9.35. The van der Waals surface area contributed by atoms with Gasteiger partial charge in [0, 0.05) is 59.7 Å². The Kier molecular flexibility index (Phi) is 7.02. The van der Waals surface area contributed by atoms with Crippen molar-refractivity contribution in [2.24, 2.45) is 11.1 Å². The lowest BCUT2D eigenvalue weighted by molar-refractivity contribution is 0.0489. The van der Waals surface area contributed by atoms with Crippen molar-refractivity contribution in [3.8, 4) is 5.88 Å². The molecule has 3 fully saturated rings. The number of benzene rings is 1. The number of likely N-dealkylation sites (tertiary alicyclic amines) is 1. The molecule has 2 saturated heterocycles. The molecule has 1 aromatic heterocycles. The van der Waals surface area contributed by atoms with Crippen LogP contribution in [0.15, 0.2) is 40.1 Å². The van der Waals surface area contributed by atoms with Gasteiger partial charge in [-0.3, -0.25) is 4.79 Å². The number of nitrogens with zero attached hydrogens (tertiary/aromatic N) is 2. The summed E-state index contributed by atoms with van der Waals surface area (Å²) in [6.07, 6.45) is 4.07. The number of halogens is 1. The summed E-state index contributed by atoms with van der Waals surface area (Å²) >= 11 is 1.29. The Bertz CT molecular complexity index is 1210. The summed E-state index contributed by atoms with van der Waals surface area (Å²) in [6, 6.07) is 7.22. The van der Waals surface area contributed by atoms with Gasteiger partial charge >= 0.3 is 0 Å². The van der Waals surface area contributed by atoms with Crippen LogP contribution in [0.5, 0.6) is 5.88 Å². The van der Waals surface area contributed by atoms with Crippen molar-refractivity contribution < 1.29 is 27.1 Å². The Morgan fingerprint density at radius 2 is 1.91 bits per heavy atom. The molecule has 0 spiro atoms. The number of carbonyl (C=O) groups excluding carboxylic acids is 1. The van der Waals surface area contributed by atoms with E-state index in [4.69, 9.17) is 14.6 Å². The number of hydrogen-bond donors (Lipinski definition) is 1. The predicted molar refractivity (Wildman–Crippen MR) is 129 cm³/mol. The zero-order valence-electron chi connectivity index (χ0n) is 19.2. The number of amides is 1. The summed E-state index contributed by atoms with van der Waals surface area (Å²) in [5.41, 5.74) is 1.47. The van der Waals surface area contributed by atoms with Crippen molar-refractivity contribution in [2.45, 2.75) is 46.6 Å². The SMILES string of the molecule is NS(=O)(=O)c1ccc(SC2CN(C(=O)c3cc(OCC4CCOCC4)nc(C4CC4)c3)C2)c(F)c1. The Balaban J connectivity index is 1.21. The van der Waals surface area contributed by atoms with Gasteiger partial charge in [-0.2, -0.15) is 0 Å². The molecule has 3 aliphatic rings. The van der Waals surface area contributed by atoms with E-state index >= 15 is 0 Å². The highest BCUT2D eigenvalue weighted by Gasteiger charge is 2.34. The van der Waals surface area contributed by atoms with E-state index in [1.165, 1.54) is 23.9 Å². The maximum Gasteiger partial charge on any atom is 0.254 e. The van der Waals surface area contributed by atoms with Crippen molar-refractivity contribution in [2.75, 3.05) is 32.9 Å². The third-order valence-corrected chi connectivity index (χ3v) is 8.66. The van der Waals surface area contributed by atoms with E-state index < -0.39 is 15.8 Å². The Labute approximate surface area is 208 Å². The van der Waals surface area contributed by atoms with E-state index in [-0.39, 0.29) is 16.1 Å². The lowest BCUT2D eigenvalue weighted by atomic mass is 10.0. The zero-order valence-corrected chi connectivity index (χ0v) is 20.8. The number of sulfonamides is 1. The molecule has 2 aliphatic heterocycles. The number of thioether (sulfide) groups is 1. The van der Waals surface area contributed by atoms with Crippen LogP contribution in [0, 0.1) is 11.7 Å². The molecule has 2 N–H and O–H groups in total. The van der Waals surface area contributed by atoms with Crippen LogP contribution >= 0.6 is 11.8 Å². The Hall–Kier alpha value is -2.21. The zero-order chi connectivity index (χ0) is 24.6. The van der Waals surface area contributed by atoms with Gasteiger partial charge in [-0.15, -0.1) is 11.8 Å². The maximum atomic E-state index is 14.4. The number of hydrogen-bond acceptors (Lipinski definition) is 7. The minimum absolute atomic E-state index is 0.0164. The molecule has 0 bridgehead atoms. The fourth-order valence-electron chi connectivity index (χ4n) is 4.22. The van der Waals surface area contributed by atoms with Crippen molar-refractivity contribution >= 4 is 27.7 Å². The van der Waals surface area contributed by atoms with E-state index in [9.17, 15) is 17.6 Å². The van der Waals surface area contributed by atoms with Gasteiger partial charge in [-0.05, 0) is 55.9 Å². The first kappa shape index (κ1) is 24.5. The summed E-state index contributed by atoms with van der Waals surface area (Å²) in [4.78, 5) is 19.6. The molecular formula is C24H28FN3O5S2. The summed E-state index contributed by atoms with van der Waals surface area (Å²) in [5, 5.41) is 5.07. The first-order valence-corrected chi connectivity index (χ1v) is 14.2. The van der Waals surface area contributed by atoms with Crippen LogP contribution < -0.4 is 9.88 Å². The molecule has 5 rings (SSSR count). The largest absolute Gasteiger partial charge is 0.477 e. The third-order valence-electron chi connectivity index (χ3n) is 6.53. The summed E-state index contributed by atoms with van der Waals surface area (Å²) in [6.45, 7) is 3.01. The lowest BCUT2D eigenvalue weighted by Gasteiger charge is -2.39. The van der Waals surface area contributed by atoms with Gasteiger partial charge in [0.25, 0.3) is 5.91 Å². The summed E-state index contributed by atoms with van der Waals surface area (Å²) < 4.78 is 48.5. The normalized spacial score (nSPS) is 19.4. The second-order valence-corrected chi connectivity index (χ2v) is 12.3. The van der Waals surface area contributed by atoms with Gasteiger partial charge in [-0.25, -0.2) is 22.9 Å². The molecule has 8 nitrogen and oxygen atoms in total. The first-order chi connectivity index (χ1) is 16.8.